The number of aromatic nitrogens is 2. The average molecular weight is 258 g/mol. The van der Waals surface area contributed by atoms with Crippen molar-refractivity contribution in [3.63, 3.8) is 0 Å². The van der Waals surface area contributed by atoms with Crippen molar-refractivity contribution >= 4 is 15.8 Å². The SMILES string of the molecule is CCc1c(C(=O)O)cnn1C1CCS(=O)(=O)C1. The molecule has 1 fully saturated rings. The van der Waals surface area contributed by atoms with E-state index >= 15 is 0 Å². The van der Waals surface area contributed by atoms with E-state index < -0.39 is 15.8 Å². The number of rotatable bonds is 3. The van der Waals surface area contributed by atoms with Crippen molar-refractivity contribution in [2.45, 2.75) is 25.8 Å². The van der Waals surface area contributed by atoms with Crippen LogP contribution in [0.3, 0.4) is 0 Å². The molecule has 1 aromatic rings. The predicted molar refractivity (Wildman–Crippen MR) is 60.9 cm³/mol. The first-order valence-corrected chi connectivity index (χ1v) is 7.27. The lowest BCUT2D eigenvalue weighted by Crippen LogP contribution is -2.16. The summed E-state index contributed by atoms with van der Waals surface area (Å²) in [6.45, 7) is 1.84. The Bertz CT molecular complexity index is 547. The Hall–Kier alpha value is -1.37. The van der Waals surface area contributed by atoms with Crippen LogP contribution >= 0.6 is 0 Å². The maximum Gasteiger partial charge on any atom is 0.339 e. The lowest BCUT2D eigenvalue weighted by molar-refractivity contribution is 0.0695. The Morgan fingerprint density at radius 1 is 1.65 bits per heavy atom. The van der Waals surface area contributed by atoms with E-state index in [2.05, 4.69) is 5.10 Å². The zero-order chi connectivity index (χ0) is 12.6. The topological polar surface area (TPSA) is 89.3 Å². The first-order valence-electron chi connectivity index (χ1n) is 5.44. The van der Waals surface area contributed by atoms with Crippen LogP contribution in [0.2, 0.25) is 0 Å². The molecule has 0 saturated carbocycles. The Morgan fingerprint density at radius 2 is 2.35 bits per heavy atom. The molecule has 6 nitrogen and oxygen atoms in total. The van der Waals surface area contributed by atoms with Gasteiger partial charge in [0.05, 0.1) is 29.4 Å². The zero-order valence-electron chi connectivity index (χ0n) is 9.46. The summed E-state index contributed by atoms with van der Waals surface area (Å²) in [7, 11) is -2.99. The highest BCUT2D eigenvalue weighted by atomic mass is 32.2. The van der Waals surface area contributed by atoms with Crippen molar-refractivity contribution < 1.29 is 18.3 Å². The van der Waals surface area contributed by atoms with Gasteiger partial charge in [0.1, 0.15) is 5.56 Å². The molecule has 1 unspecified atom stereocenters. The second kappa shape index (κ2) is 4.14. The maximum absolute atomic E-state index is 11.4. The number of carboxylic acid groups (broad SMARTS) is 1. The highest BCUT2D eigenvalue weighted by Crippen LogP contribution is 2.25. The largest absolute Gasteiger partial charge is 0.478 e. The molecule has 0 aromatic carbocycles. The second-order valence-corrected chi connectivity index (χ2v) is 6.39. The van der Waals surface area contributed by atoms with Crippen molar-refractivity contribution in [2.75, 3.05) is 11.5 Å². The second-order valence-electron chi connectivity index (χ2n) is 4.17. The highest BCUT2D eigenvalue weighted by Gasteiger charge is 2.31. The van der Waals surface area contributed by atoms with Gasteiger partial charge in [0.25, 0.3) is 0 Å². The van der Waals surface area contributed by atoms with Crippen LogP contribution < -0.4 is 0 Å². The summed E-state index contributed by atoms with van der Waals surface area (Å²) in [4.78, 5) is 11.0. The molecule has 1 saturated heterocycles. The van der Waals surface area contributed by atoms with Crippen LogP contribution in [-0.2, 0) is 16.3 Å². The summed E-state index contributed by atoms with van der Waals surface area (Å²) in [5.74, 6) is -0.807. The fourth-order valence-electron chi connectivity index (χ4n) is 2.20. The summed E-state index contributed by atoms with van der Waals surface area (Å²) >= 11 is 0. The third-order valence-corrected chi connectivity index (χ3v) is 4.77. The Kier molecular flexibility index (Phi) is 2.94. The normalized spacial score (nSPS) is 22.8. The number of nitrogens with zero attached hydrogens (tertiary/aromatic N) is 2. The van der Waals surface area contributed by atoms with E-state index in [1.807, 2.05) is 6.92 Å². The molecule has 0 aliphatic carbocycles. The fraction of sp³-hybridized carbons (Fsp3) is 0.600. The van der Waals surface area contributed by atoms with Crippen molar-refractivity contribution in [1.82, 2.24) is 9.78 Å². The third kappa shape index (κ3) is 2.19. The van der Waals surface area contributed by atoms with Gasteiger partial charge in [-0.25, -0.2) is 13.2 Å². The van der Waals surface area contributed by atoms with Crippen molar-refractivity contribution in [2.24, 2.45) is 0 Å². The predicted octanol–water partition coefficient (Wildman–Crippen LogP) is 0.503. The lowest BCUT2D eigenvalue weighted by Gasteiger charge is -2.12. The maximum atomic E-state index is 11.4. The molecule has 1 aliphatic rings. The first kappa shape index (κ1) is 12.1. The van der Waals surface area contributed by atoms with E-state index in [-0.39, 0.29) is 23.1 Å². The molecular formula is C10H14N2O4S. The number of sulfone groups is 1. The molecule has 2 heterocycles. The number of carbonyl (C=O) groups is 1. The molecule has 0 amide bonds. The minimum atomic E-state index is -2.99. The summed E-state index contributed by atoms with van der Waals surface area (Å²) < 4.78 is 24.4. The molecule has 94 valence electrons. The van der Waals surface area contributed by atoms with Gasteiger partial charge in [0.2, 0.25) is 0 Å². The van der Waals surface area contributed by atoms with E-state index in [4.69, 9.17) is 5.11 Å². The van der Waals surface area contributed by atoms with E-state index in [1.54, 1.807) is 4.68 Å². The molecule has 7 heteroatoms. The molecule has 1 atom stereocenters. The quantitative estimate of drug-likeness (QED) is 0.853. The van der Waals surface area contributed by atoms with Crippen LogP contribution in [0, 0.1) is 0 Å². The van der Waals surface area contributed by atoms with Crippen molar-refractivity contribution in [3.05, 3.63) is 17.5 Å². The van der Waals surface area contributed by atoms with Crippen LogP contribution in [-0.4, -0.2) is 40.8 Å². The molecular weight excluding hydrogens is 244 g/mol. The lowest BCUT2D eigenvalue weighted by atomic mass is 10.2. The van der Waals surface area contributed by atoms with Crippen LogP contribution in [0.5, 0.6) is 0 Å². The zero-order valence-corrected chi connectivity index (χ0v) is 10.3. The summed E-state index contributed by atoms with van der Waals surface area (Å²) in [6, 6.07) is -0.219. The van der Waals surface area contributed by atoms with Gasteiger partial charge in [0, 0.05) is 0 Å². The van der Waals surface area contributed by atoms with Crippen LogP contribution in [0.4, 0.5) is 0 Å². The standard InChI is InChI=1S/C10H14N2O4S/c1-2-9-8(10(13)14)5-11-12(9)7-3-4-17(15,16)6-7/h5,7H,2-4,6H2,1H3,(H,13,14). The summed E-state index contributed by atoms with van der Waals surface area (Å²) in [5.41, 5.74) is 0.761. The van der Waals surface area contributed by atoms with Gasteiger partial charge >= 0.3 is 5.97 Å². The average Bonchev–Trinajstić information content (AvgIpc) is 2.80. The minimum Gasteiger partial charge on any atom is -0.478 e. The summed E-state index contributed by atoms with van der Waals surface area (Å²) in [5, 5.41) is 13.0. The van der Waals surface area contributed by atoms with Gasteiger partial charge in [-0.2, -0.15) is 5.10 Å². The molecule has 0 spiro atoms. The van der Waals surface area contributed by atoms with Crippen LogP contribution in [0.15, 0.2) is 6.20 Å². The number of hydrogen-bond acceptors (Lipinski definition) is 4. The Morgan fingerprint density at radius 3 is 2.82 bits per heavy atom. The van der Waals surface area contributed by atoms with Gasteiger partial charge in [-0.1, -0.05) is 6.92 Å². The van der Waals surface area contributed by atoms with Gasteiger partial charge in [-0.15, -0.1) is 0 Å². The van der Waals surface area contributed by atoms with Gasteiger partial charge in [0.15, 0.2) is 9.84 Å². The molecule has 1 N–H and O–H groups in total. The monoisotopic (exact) mass is 258 g/mol. The van der Waals surface area contributed by atoms with E-state index in [9.17, 15) is 13.2 Å². The Labute approximate surface area is 99.2 Å². The minimum absolute atomic E-state index is 0.0563. The molecule has 1 aliphatic heterocycles. The Balaban J connectivity index is 2.37. The fourth-order valence-corrected chi connectivity index (χ4v) is 3.89. The van der Waals surface area contributed by atoms with E-state index in [0.717, 1.165) is 0 Å². The van der Waals surface area contributed by atoms with E-state index in [0.29, 0.717) is 18.5 Å². The van der Waals surface area contributed by atoms with Gasteiger partial charge in [-0.05, 0) is 12.8 Å². The van der Waals surface area contributed by atoms with Gasteiger partial charge < -0.3 is 5.11 Å². The third-order valence-electron chi connectivity index (χ3n) is 3.02. The first-order chi connectivity index (χ1) is 7.94. The molecule has 0 bridgehead atoms. The van der Waals surface area contributed by atoms with Gasteiger partial charge in [-0.3, -0.25) is 4.68 Å². The van der Waals surface area contributed by atoms with Crippen molar-refractivity contribution in [1.29, 1.82) is 0 Å². The molecule has 2 rings (SSSR count). The highest BCUT2D eigenvalue weighted by molar-refractivity contribution is 7.91. The smallest absolute Gasteiger partial charge is 0.339 e. The number of hydrogen-bond donors (Lipinski definition) is 1. The summed E-state index contributed by atoms with van der Waals surface area (Å²) in [6.07, 6.45) is 2.33. The number of aromatic carboxylic acids is 1. The number of carboxylic acids is 1. The molecule has 0 radical (unpaired) electrons. The van der Waals surface area contributed by atoms with Crippen molar-refractivity contribution in [3.8, 4) is 0 Å². The molecule has 17 heavy (non-hydrogen) atoms. The van der Waals surface area contributed by atoms with E-state index in [1.165, 1.54) is 6.20 Å². The van der Waals surface area contributed by atoms with Crippen LogP contribution in [0.1, 0.15) is 35.4 Å². The van der Waals surface area contributed by atoms with Crippen LogP contribution in [0.25, 0.3) is 0 Å². The molecule has 1 aromatic heterocycles.